The Morgan fingerprint density at radius 2 is 1.88 bits per heavy atom. The normalized spacial score (nSPS) is 19.3. The molecule has 26 heavy (non-hydrogen) atoms. The summed E-state index contributed by atoms with van der Waals surface area (Å²) in [6.07, 6.45) is 8.13. The van der Waals surface area contributed by atoms with Crippen molar-refractivity contribution in [2.75, 3.05) is 19.6 Å². The molecule has 1 aliphatic carbocycles. The summed E-state index contributed by atoms with van der Waals surface area (Å²) in [7, 11) is 0. The molecule has 2 aliphatic rings. The third kappa shape index (κ3) is 5.70. The minimum absolute atomic E-state index is 0.0216. The molecule has 1 aromatic rings. The number of hydrogen-bond donors (Lipinski definition) is 2. The molecule has 1 aromatic carbocycles. The van der Waals surface area contributed by atoms with Crippen LogP contribution >= 0.6 is 0 Å². The highest BCUT2D eigenvalue weighted by Gasteiger charge is 2.24. The lowest BCUT2D eigenvalue weighted by Gasteiger charge is -2.32. The zero-order valence-corrected chi connectivity index (χ0v) is 16.0. The summed E-state index contributed by atoms with van der Waals surface area (Å²) < 4.78 is 13.8. The van der Waals surface area contributed by atoms with E-state index in [1.165, 1.54) is 25.3 Å². The second kappa shape index (κ2) is 9.36. The van der Waals surface area contributed by atoms with Gasteiger partial charge in [-0.15, -0.1) is 0 Å². The van der Waals surface area contributed by atoms with Crippen LogP contribution in [0.2, 0.25) is 0 Å². The maximum absolute atomic E-state index is 13.8. The highest BCUT2D eigenvalue weighted by molar-refractivity contribution is 5.74. The fraction of sp³-hybridized carbons (Fsp3) is 0.667. The number of hydrogen-bond acceptors (Lipinski definition) is 1. The zero-order valence-electron chi connectivity index (χ0n) is 16.0. The molecule has 0 unspecified atom stereocenters. The molecule has 0 bridgehead atoms. The SMILES string of the molecule is Cc1cc(F)cc(CN(CC2CC[NH2+]CC2)C(=O)NC2CCCCC2)c1. The molecular weight excluding hydrogens is 329 g/mol. The number of urea groups is 1. The van der Waals surface area contributed by atoms with Crippen molar-refractivity contribution in [3.8, 4) is 0 Å². The van der Waals surface area contributed by atoms with Crippen LogP contribution in [0, 0.1) is 18.7 Å². The van der Waals surface area contributed by atoms with Crippen molar-refractivity contribution in [3.63, 3.8) is 0 Å². The van der Waals surface area contributed by atoms with E-state index >= 15 is 0 Å². The minimum atomic E-state index is -0.222. The second-order valence-corrected chi connectivity index (χ2v) is 8.11. The number of piperidine rings is 1. The van der Waals surface area contributed by atoms with Gasteiger partial charge in [0.15, 0.2) is 0 Å². The molecular formula is C21H33FN3O+. The quantitative estimate of drug-likeness (QED) is 0.831. The molecule has 1 saturated heterocycles. The summed E-state index contributed by atoms with van der Waals surface area (Å²) in [6, 6.07) is 5.40. The molecule has 144 valence electrons. The van der Waals surface area contributed by atoms with Gasteiger partial charge in [-0.2, -0.15) is 0 Å². The van der Waals surface area contributed by atoms with E-state index in [0.717, 1.165) is 56.4 Å². The average molecular weight is 363 g/mol. The molecule has 0 radical (unpaired) electrons. The van der Waals surface area contributed by atoms with Gasteiger partial charge in [-0.25, -0.2) is 9.18 Å². The first-order valence-corrected chi connectivity index (χ1v) is 10.2. The average Bonchev–Trinajstić information content (AvgIpc) is 2.62. The molecule has 5 heteroatoms. The molecule has 0 atom stereocenters. The van der Waals surface area contributed by atoms with Gasteiger partial charge in [0.05, 0.1) is 13.1 Å². The van der Waals surface area contributed by atoms with Crippen molar-refractivity contribution in [2.24, 2.45) is 5.92 Å². The van der Waals surface area contributed by atoms with Crippen LogP contribution in [0.3, 0.4) is 0 Å². The van der Waals surface area contributed by atoms with Gasteiger partial charge in [0.25, 0.3) is 0 Å². The molecule has 2 fully saturated rings. The number of nitrogens with zero attached hydrogens (tertiary/aromatic N) is 1. The predicted molar refractivity (Wildman–Crippen MR) is 101 cm³/mol. The summed E-state index contributed by atoms with van der Waals surface area (Å²) in [5.41, 5.74) is 1.78. The fourth-order valence-corrected chi connectivity index (χ4v) is 4.35. The smallest absolute Gasteiger partial charge is 0.317 e. The summed E-state index contributed by atoms with van der Waals surface area (Å²) in [5.74, 6) is 0.326. The van der Waals surface area contributed by atoms with Gasteiger partial charge in [0.2, 0.25) is 0 Å². The molecule has 0 spiro atoms. The molecule has 1 aliphatic heterocycles. The number of aryl methyl sites for hydroxylation is 1. The number of carbonyl (C=O) groups excluding carboxylic acids is 1. The molecule has 0 aromatic heterocycles. The first kappa shape index (κ1) is 19.2. The van der Waals surface area contributed by atoms with Crippen LogP contribution in [-0.2, 0) is 6.54 Å². The number of carbonyl (C=O) groups is 1. The number of rotatable bonds is 5. The first-order valence-electron chi connectivity index (χ1n) is 10.2. The van der Waals surface area contributed by atoms with Gasteiger partial charge in [-0.1, -0.05) is 25.3 Å². The van der Waals surface area contributed by atoms with Gasteiger partial charge >= 0.3 is 6.03 Å². The van der Waals surface area contributed by atoms with Crippen molar-refractivity contribution in [1.29, 1.82) is 0 Å². The number of nitrogens with two attached hydrogens (primary N) is 1. The number of amides is 2. The Kier molecular flexibility index (Phi) is 6.89. The monoisotopic (exact) mass is 362 g/mol. The lowest BCUT2D eigenvalue weighted by atomic mass is 9.95. The van der Waals surface area contributed by atoms with E-state index < -0.39 is 0 Å². The van der Waals surface area contributed by atoms with Crippen molar-refractivity contribution < 1.29 is 14.5 Å². The van der Waals surface area contributed by atoms with Crippen LogP contribution in [0.4, 0.5) is 9.18 Å². The number of nitrogens with one attached hydrogen (secondary N) is 1. The standard InChI is InChI=1S/C21H32FN3O/c1-16-11-18(13-19(22)12-16)15-25(14-17-7-9-23-10-8-17)21(26)24-20-5-3-2-4-6-20/h11-13,17,20,23H,2-10,14-15H2,1H3,(H,24,26)/p+1. The number of halogens is 1. The Morgan fingerprint density at radius 1 is 1.15 bits per heavy atom. The van der Waals surface area contributed by atoms with Crippen LogP contribution in [0.15, 0.2) is 18.2 Å². The maximum atomic E-state index is 13.8. The van der Waals surface area contributed by atoms with Crippen molar-refractivity contribution in [3.05, 3.63) is 35.1 Å². The van der Waals surface area contributed by atoms with E-state index in [1.807, 2.05) is 17.9 Å². The van der Waals surface area contributed by atoms with Crippen LogP contribution in [0.1, 0.15) is 56.1 Å². The van der Waals surface area contributed by atoms with Crippen molar-refractivity contribution >= 4 is 6.03 Å². The molecule has 4 nitrogen and oxygen atoms in total. The van der Waals surface area contributed by atoms with Gasteiger partial charge in [-0.3, -0.25) is 0 Å². The van der Waals surface area contributed by atoms with Crippen LogP contribution in [0.25, 0.3) is 0 Å². The third-order valence-electron chi connectivity index (χ3n) is 5.73. The fourth-order valence-electron chi connectivity index (χ4n) is 4.35. The minimum Gasteiger partial charge on any atom is -0.346 e. The van der Waals surface area contributed by atoms with E-state index in [-0.39, 0.29) is 11.8 Å². The Bertz CT molecular complexity index is 575. The van der Waals surface area contributed by atoms with Crippen LogP contribution in [0.5, 0.6) is 0 Å². The van der Waals surface area contributed by atoms with E-state index in [1.54, 1.807) is 6.07 Å². The third-order valence-corrected chi connectivity index (χ3v) is 5.73. The van der Waals surface area contributed by atoms with Crippen LogP contribution in [-0.4, -0.2) is 36.6 Å². The van der Waals surface area contributed by atoms with E-state index in [2.05, 4.69) is 10.6 Å². The summed E-state index contributed by atoms with van der Waals surface area (Å²) in [4.78, 5) is 14.9. The summed E-state index contributed by atoms with van der Waals surface area (Å²) in [5, 5.41) is 5.59. The van der Waals surface area contributed by atoms with Crippen LogP contribution < -0.4 is 10.6 Å². The Balaban J connectivity index is 1.68. The lowest BCUT2D eigenvalue weighted by molar-refractivity contribution is -0.664. The Morgan fingerprint density at radius 3 is 2.58 bits per heavy atom. The number of quaternary nitrogens is 1. The maximum Gasteiger partial charge on any atom is 0.317 e. The molecule has 1 saturated carbocycles. The van der Waals surface area contributed by atoms with Gasteiger partial charge < -0.3 is 15.5 Å². The predicted octanol–water partition coefficient (Wildman–Crippen LogP) is 2.95. The van der Waals surface area contributed by atoms with E-state index in [9.17, 15) is 9.18 Å². The van der Waals surface area contributed by atoms with E-state index in [4.69, 9.17) is 0 Å². The van der Waals surface area contributed by atoms with E-state index in [0.29, 0.717) is 18.5 Å². The molecule has 3 rings (SSSR count). The highest BCUT2D eigenvalue weighted by Crippen LogP contribution is 2.19. The van der Waals surface area contributed by atoms with Crippen molar-refractivity contribution in [2.45, 2.75) is 64.5 Å². The summed E-state index contributed by atoms with van der Waals surface area (Å²) in [6.45, 7) is 5.43. The molecule has 2 amide bonds. The number of benzene rings is 1. The van der Waals surface area contributed by atoms with Gasteiger partial charge in [0, 0.05) is 32.0 Å². The largest absolute Gasteiger partial charge is 0.346 e. The summed E-state index contributed by atoms with van der Waals surface area (Å²) >= 11 is 0. The Hall–Kier alpha value is -1.62. The second-order valence-electron chi connectivity index (χ2n) is 8.11. The Labute approximate surface area is 156 Å². The lowest BCUT2D eigenvalue weighted by Crippen LogP contribution is -2.86. The van der Waals surface area contributed by atoms with Crippen molar-refractivity contribution in [1.82, 2.24) is 10.2 Å². The zero-order chi connectivity index (χ0) is 18.4. The van der Waals surface area contributed by atoms with Gasteiger partial charge in [-0.05, 0) is 48.9 Å². The molecule has 1 heterocycles. The first-order chi connectivity index (χ1) is 12.6. The highest BCUT2D eigenvalue weighted by atomic mass is 19.1. The molecule has 3 N–H and O–H groups in total. The topological polar surface area (TPSA) is 49.0 Å². The van der Waals surface area contributed by atoms with Gasteiger partial charge in [0.1, 0.15) is 5.82 Å².